The van der Waals surface area contributed by atoms with E-state index in [9.17, 15) is 5.11 Å². The summed E-state index contributed by atoms with van der Waals surface area (Å²) in [4.78, 5) is 0. The predicted octanol–water partition coefficient (Wildman–Crippen LogP) is 2.43. The molecule has 1 aromatic carbocycles. The topological polar surface area (TPSA) is 41.5 Å². The first-order valence-corrected chi connectivity index (χ1v) is 7.25. The molecule has 2 N–H and O–H groups in total. The van der Waals surface area contributed by atoms with E-state index in [0.29, 0.717) is 18.9 Å². The Morgan fingerprint density at radius 1 is 1.42 bits per heavy atom. The Labute approximate surface area is 116 Å². The van der Waals surface area contributed by atoms with Crippen LogP contribution in [0.3, 0.4) is 0 Å². The lowest BCUT2D eigenvalue weighted by atomic mass is 9.92. The fourth-order valence-electron chi connectivity index (χ4n) is 2.69. The molecule has 2 atom stereocenters. The lowest BCUT2D eigenvalue weighted by Crippen LogP contribution is -2.37. The molecule has 0 saturated carbocycles. The van der Waals surface area contributed by atoms with Crippen LogP contribution in [0.5, 0.6) is 5.75 Å². The number of nitrogens with one attached hydrogen (secondary N) is 1. The molecule has 3 nitrogen and oxygen atoms in total. The molecule has 0 aliphatic carbocycles. The van der Waals surface area contributed by atoms with Gasteiger partial charge in [0.2, 0.25) is 0 Å². The minimum atomic E-state index is -0.251. The lowest BCUT2D eigenvalue weighted by molar-refractivity contribution is 0.0701. The van der Waals surface area contributed by atoms with Crippen LogP contribution in [-0.4, -0.2) is 30.9 Å². The zero-order valence-corrected chi connectivity index (χ0v) is 12.0. The molecule has 0 radical (unpaired) electrons. The van der Waals surface area contributed by atoms with Crippen LogP contribution in [0.25, 0.3) is 0 Å². The number of ether oxygens (including phenoxy) is 1. The Balaban J connectivity index is 1.76. The molecule has 3 heteroatoms. The third-order valence-electron chi connectivity index (χ3n) is 3.88. The number of hydrogen-bond acceptors (Lipinski definition) is 3. The van der Waals surface area contributed by atoms with Gasteiger partial charge in [0.05, 0.1) is 12.7 Å². The van der Waals surface area contributed by atoms with Gasteiger partial charge in [0.25, 0.3) is 0 Å². The van der Waals surface area contributed by atoms with Crippen molar-refractivity contribution in [2.75, 3.05) is 19.7 Å². The lowest BCUT2D eigenvalue weighted by Gasteiger charge is -2.27. The van der Waals surface area contributed by atoms with Gasteiger partial charge in [0, 0.05) is 13.0 Å². The van der Waals surface area contributed by atoms with Gasteiger partial charge in [-0.2, -0.15) is 0 Å². The molecule has 0 spiro atoms. The van der Waals surface area contributed by atoms with E-state index in [4.69, 9.17) is 4.74 Å². The molecule has 19 heavy (non-hydrogen) atoms. The average Bonchev–Trinajstić information content (AvgIpc) is 2.42. The van der Waals surface area contributed by atoms with E-state index in [-0.39, 0.29) is 6.10 Å². The standard InChI is InChI=1S/C16H25NO2/c1-12-5-6-16(13(2)10-12)19-9-7-15(18)14-4-3-8-17-11-14/h5-6,10,14-15,17-18H,3-4,7-9,11H2,1-2H3. The SMILES string of the molecule is Cc1ccc(OCCC(O)C2CCCNC2)c(C)c1. The molecule has 1 saturated heterocycles. The molecule has 0 aromatic heterocycles. The van der Waals surface area contributed by atoms with Crippen LogP contribution in [-0.2, 0) is 0 Å². The van der Waals surface area contributed by atoms with Crippen LogP contribution in [0.1, 0.15) is 30.4 Å². The van der Waals surface area contributed by atoms with E-state index in [0.717, 1.165) is 30.8 Å². The molecule has 1 aliphatic rings. The van der Waals surface area contributed by atoms with Gasteiger partial charge in [0.1, 0.15) is 5.75 Å². The van der Waals surface area contributed by atoms with Crippen molar-refractivity contribution >= 4 is 0 Å². The van der Waals surface area contributed by atoms with Crippen molar-refractivity contribution in [2.45, 2.75) is 39.2 Å². The monoisotopic (exact) mass is 263 g/mol. The maximum absolute atomic E-state index is 10.1. The van der Waals surface area contributed by atoms with Gasteiger partial charge in [-0.15, -0.1) is 0 Å². The average molecular weight is 263 g/mol. The smallest absolute Gasteiger partial charge is 0.122 e. The maximum Gasteiger partial charge on any atom is 0.122 e. The number of piperidine rings is 1. The van der Waals surface area contributed by atoms with Crippen molar-refractivity contribution in [3.8, 4) is 5.75 Å². The highest BCUT2D eigenvalue weighted by atomic mass is 16.5. The van der Waals surface area contributed by atoms with E-state index in [1.807, 2.05) is 6.07 Å². The summed E-state index contributed by atoms with van der Waals surface area (Å²) < 4.78 is 5.77. The van der Waals surface area contributed by atoms with Crippen molar-refractivity contribution in [2.24, 2.45) is 5.92 Å². The van der Waals surface area contributed by atoms with Crippen LogP contribution >= 0.6 is 0 Å². The van der Waals surface area contributed by atoms with Crippen molar-refractivity contribution < 1.29 is 9.84 Å². The molecule has 2 rings (SSSR count). The highest BCUT2D eigenvalue weighted by Crippen LogP contribution is 2.20. The molecule has 0 amide bonds. The highest BCUT2D eigenvalue weighted by Gasteiger charge is 2.21. The molecule has 0 bridgehead atoms. The summed E-state index contributed by atoms with van der Waals surface area (Å²) in [5, 5.41) is 13.5. The van der Waals surface area contributed by atoms with Gasteiger partial charge >= 0.3 is 0 Å². The normalized spacial score (nSPS) is 21.1. The Bertz CT molecular complexity index is 400. The van der Waals surface area contributed by atoms with Gasteiger partial charge in [-0.05, 0) is 50.8 Å². The number of rotatable bonds is 5. The van der Waals surface area contributed by atoms with Crippen molar-refractivity contribution in [3.63, 3.8) is 0 Å². The van der Waals surface area contributed by atoms with Gasteiger partial charge in [-0.3, -0.25) is 0 Å². The third-order valence-corrected chi connectivity index (χ3v) is 3.88. The van der Waals surface area contributed by atoms with Gasteiger partial charge in [-0.1, -0.05) is 17.7 Å². The second-order valence-corrected chi connectivity index (χ2v) is 5.58. The summed E-state index contributed by atoms with van der Waals surface area (Å²) in [7, 11) is 0. The number of aliphatic hydroxyl groups excluding tert-OH is 1. The van der Waals surface area contributed by atoms with E-state index < -0.39 is 0 Å². The molecule has 2 unspecified atom stereocenters. The summed E-state index contributed by atoms with van der Waals surface area (Å²) in [6.45, 7) is 6.75. The fourth-order valence-corrected chi connectivity index (χ4v) is 2.69. The Morgan fingerprint density at radius 2 is 2.26 bits per heavy atom. The van der Waals surface area contributed by atoms with Crippen LogP contribution < -0.4 is 10.1 Å². The fraction of sp³-hybridized carbons (Fsp3) is 0.625. The summed E-state index contributed by atoms with van der Waals surface area (Å²) in [6.07, 6.45) is 2.75. The van der Waals surface area contributed by atoms with E-state index in [2.05, 4.69) is 31.3 Å². The first kappa shape index (κ1) is 14.4. The molecule has 106 valence electrons. The molecular weight excluding hydrogens is 238 g/mol. The van der Waals surface area contributed by atoms with Crippen LogP contribution in [0.4, 0.5) is 0 Å². The van der Waals surface area contributed by atoms with Crippen molar-refractivity contribution in [1.82, 2.24) is 5.32 Å². The molecule has 1 aliphatic heterocycles. The molecule has 1 fully saturated rings. The number of aryl methyl sites for hydroxylation is 2. The van der Waals surface area contributed by atoms with E-state index in [1.165, 1.54) is 12.0 Å². The molecular formula is C16H25NO2. The number of hydrogen-bond donors (Lipinski definition) is 2. The van der Waals surface area contributed by atoms with Crippen LogP contribution in [0.15, 0.2) is 18.2 Å². The predicted molar refractivity (Wildman–Crippen MR) is 77.6 cm³/mol. The summed E-state index contributed by atoms with van der Waals surface area (Å²) in [5.74, 6) is 1.32. The second-order valence-electron chi connectivity index (χ2n) is 5.58. The first-order valence-electron chi connectivity index (χ1n) is 7.25. The maximum atomic E-state index is 10.1. The first-order chi connectivity index (χ1) is 9.16. The Hall–Kier alpha value is -1.06. The van der Waals surface area contributed by atoms with Crippen LogP contribution in [0.2, 0.25) is 0 Å². The second kappa shape index (κ2) is 6.92. The van der Waals surface area contributed by atoms with Crippen LogP contribution in [0, 0.1) is 19.8 Å². The van der Waals surface area contributed by atoms with E-state index in [1.54, 1.807) is 0 Å². The van der Waals surface area contributed by atoms with Gasteiger partial charge in [0.15, 0.2) is 0 Å². The molecule has 1 aromatic rings. The Kier molecular flexibility index (Phi) is 5.23. The minimum Gasteiger partial charge on any atom is -0.493 e. The minimum absolute atomic E-state index is 0.251. The highest BCUT2D eigenvalue weighted by molar-refractivity contribution is 5.35. The largest absolute Gasteiger partial charge is 0.493 e. The quantitative estimate of drug-likeness (QED) is 0.857. The zero-order valence-electron chi connectivity index (χ0n) is 12.0. The van der Waals surface area contributed by atoms with Gasteiger partial charge < -0.3 is 15.2 Å². The summed E-state index contributed by atoms with van der Waals surface area (Å²) >= 11 is 0. The third kappa shape index (κ3) is 4.22. The summed E-state index contributed by atoms with van der Waals surface area (Å²) in [6, 6.07) is 6.19. The van der Waals surface area contributed by atoms with Gasteiger partial charge in [-0.25, -0.2) is 0 Å². The van der Waals surface area contributed by atoms with Crippen molar-refractivity contribution in [3.05, 3.63) is 29.3 Å². The van der Waals surface area contributed by atoms with E-state index >= 15 is 0 Å². The number of benzene rings is 1. The molecule has 1 heterocycles. The Morgan fingerprint density at radius 3 is 2.95 bits per heavy atom. The summed E-state index contributed by atoms with van der Waals surface area (Å²) in [5.41, 5.74) is 2.41. The zero-order chi connectivity index (χ0) is 13.7. The number of aliphatic hydroxyl groups is 1. The van der Waals surface area contributed by atoms with Crippen molar-refractivity contribution in [1.29, 1.82) is 0 Å².